The Morgan fingerprint density at radius 1 is 1.40 bits per heavy atom. The first-order chi connectivity index (χ1) is 12.1. The molecular formula is C19H25N3O2S. The number of para-hydroxylation sites is 1. The molecule has 0 aliphatic carbocycles. The summed E-state index contributed by atoms with van der Waals surface area (Å²) < 4.78 is 7.89. The molecule has 0 radical (unpaired) electrons. The Balaban J connectivity index is 1.95. The summed E-state index contributed by atoms with van der Waals surface area (Å²) in [4.78, 5) is 19.2. The Kier molecular flexibility index (Phi) is 5.71. The first-order valence-electron chi connectivity index (χ1n) is 8.80. The normalized spacial score (nSPS) is 17.9. The summed E-state index contributed by atoms with van der Waals surface area (Å²) in [6.07, 6.45) is 2.39. The van der Waals surface area contributed by atoms with Crippen LogP contribution in [0.5, 0.6) is 0 Å². The van der Waals surface area contributed by atoms with Gasteiger partial charge < -0.3 is 14.6 Å². The summed E-state index contributed by atoms with van der Waals surface area (Å²) in [6.45, 7) is 8.52. The molecule has 6 heteroatoms. The topological polar surface area (TPSA) is 55.6 Å². The number of benzene rings is 1. The van der Waals surface area contributed by atoms with Crippen LogP contribution >= 0.6 is 11.3 Å². The van der Waals surface area contributed by atoms with E-state index in [1.165, 1.54) is 4.88 Å². The van der Waals surface area contributed by atoms with Gasteiger partial charge in [-0.2, -0.15) is 4.99 Å². The Morgan fingerprint density at radius 2 is 2.20 bits per heavy atom. The third kappa shape index (κ3) is 4.02. The van der Waals surface area contributed by atoms with Crippen molar-refractivity contribution in [2.24, 2.45) is 4.99 Å². The zero-order valence-corrected chi connectivity index (χ0v) is 15.9. The molecule has 1 aliphatic rings. The van der Waals surface area contributed by atoms with Crippen molar-refractivity contribution in [3.8, 4) is 0 Å². The maximum atomic E-state index is 12.8. The third-order valence-corrected chi connectivity index (χ3v) is 5.62. The fourth-order valence-electron chi connectivity index (χ4n) is 3.05. The fraction of sp³-hybridized carbons (Fsp3) is 0.474. The smallest absolute Gasteiger partial charge is 0.281 e. The number of nitrogens with one attached hydrogen (secondary N) is 1. The zero-order valence-electron chi connectivity index (χ0n) is 15.0. The van der Waals surface area contributed by atoms with Crippen molar-refractivity contribution < 1.29 is 9.53 Å². The molecule has 134 valence electrons. The van der Waals surface area contributed by atoms with Crippen LogP contribution in [0.25, 0.3) is 0 Å². The summed E-state index contributed by atoms with van der Waals surface area (Å²) in [7, 11) is 0. The summed E-state index contributed by atoms with van der Waals surface area (Å²) in [6, 6.07) is 7.53. The number of aryl methyl sites for hydroxylation is 1. The minimum absolute atomic E-state index is 0.209. The van der Waals surface area contributed by atoms with Crippen LogP contribution in [-0.4, -0.2) is 29.7 Å². The van der Waals surface area contributed by atoms with E-state index in [9.17, 15) is 4.79 Å². The van der Waals surface area contributed by atoms with Gasteiger partial charge in [0, 0.05) is 29.4 Å². The van der Waals surface area contributed by atoms with Crippen LogP contribution in [0.15, 0.2) is 29.3 Å². The van der Waals surface area contributed by atoms with Crippen LogP contribution in [-0.2, 0) is 11.3 Å². The van der Waals surface area contributed by atoms with Gasteiger partial charge >= 0.3 is 0 Å². The molecule has 1 fully saturated rings. The first kappa shape index (κ1) is 17.9. The molecule has 1 aromatic carbocycles. The maximum absolute atomic E-state index is 12.8. The monoisotopic (exact) mass is 359 g/mol. The second-order valence-corrected chi connectivity index (χ2v) is 7.45. The van der Waals surface area contributed by atoms with Crippen molar-refractivity contribution in [3.05, 3.63) is 45.2 Å². The Morgan fingerprint density at radius 3 is 2.92 bits per heavy atom. The van der Waals surface area contributed by atoms with E-state index in [1.54, 1.807) is 11.3 Å². The Hall–Kier alpha value is -1.92. The number of rotatable bonds is 5. The zero-order chi connectivity index (χ0) is 17.8. The highest BCUT2D eigenvalue weighted by Gasteiger charge is 2.19. The molecule has 0 saturated carbocycles. The maximum Gasteiger partial charge on any atom is 0.281 e. The van der Waals surface area contributed by atoms with Gasteiger partial charge in [-0.3, -0.25) is 4.79 Å². The van der Waals surface area contributed by atoms with Crippen LogP contribution in [0.3, 0.4) is 0 Å². The number of carbonyl (C=O) groups excluding carboxylic acids is 1. The van der Waals surface area contributed by atoms with Crippen molar-refractivity contribution in [2.75, 3.05) is 18.5 Å². The summed E-state index contributed by atoms with van der Waals surface area (Å²) in [5.74, 6) is -0.209. The van der Waals surface area contributed by atoms with E-state index in [0.717, 1.165) is 48.7 Å². The lowest BCUT2D eigenvalue weighted by molar-refractivity contribution is 0.0946. The molecule has 1 aromatic heterocycles. The number of nitrogens with zero attached hydrogens (tertiary/aromatic N) is 2. The van der Waals surface area contributed by atoms with Gasteiger partial charge in [-0.25, -0.2) is 0 Å². The number of anilines is 1. The molecule has 0 bridgehead atoms. The van der Waals surface area contributed by atoms with Crippen molar-refractivity contribution in [3.63, 3.8) is 0 Å². The molecule has 1 amide bonds. The van der Waals surface area contributed by atoms with Gasteiger partial charge in [0.05, 0.1) is 18.2 Å². The van der Waals surface area contributed by atoms with Crippen LogP contribution < -0.4 is 10.1 Å². The quantitative estimate of drug-likeness (QED) is 0.889. The molecular weight excluding hydrogens is 334 g/mol. The van der Waals surface area contributed by atoms with Crippen molar-refractivity contribution >= 4 is 22.9 Å². The highest BCUT2D eigenvalue weighted by molar-refractivity contribution is 7.09. The molecule has 1 N–H and O–H groups in total. The predicted molar refractivity (Wildman–Crippen MR) is 101 cm³/mol. The van der Waals surface area contributed by atoms with Crippen LogP contribution in [0.1, 0.15) is 40.7 Å². The SMILES string of the molecule is CCNc1ccccc1C(=O)N=c1sc(C)c(C)n1CC1CCCO1. The number of amides is 1. The molecule has 2 heterocycles. The van der Waals surface area contributed by atoms with E-state index in [1.807, 2.05) is 31.2 Å². The number of thiazole rings is 1. The van der Waals surface area contributed by atoms with Crippen LogP contribution in [0, 0.1) is 13.8 Å². The molecule has 5 nitrogen and oxygen atoms in total. The number of carbonyl (C=O) groups is 1. The van der Waals surface area contributed by atoms with Gasteiger partial charge in [0.1, 0.15) is 0 Å². The Bertz CT molecular complexity index is 816. The minimum atomic E-state index is -0.209. The first-order valence-corrected chi connectivity index (χ1v) is 9.62. The van der Waals surface area contributed by atoms with Crippen LogP contribution in [0.4, 0.5) is 5.69 Å². The number of hydrogen-bond acceptors (Lipinski definition) is 4. The molecule has 1 atom stereocenters. The predicted octanol–water partition coefficient (Wildman–Crippen LogP) is 3.52. The van der Waals surface area contributed by atoms with E-state index >= 15 is 0 Å². The fourth-order valence-corrected chi connectivity index (χ4v) is 4.03. The van der Waals surface area contributed by atoms with Gasteiger partial charge in [-0.1, -0.05) is 12.1 Å². The molecule has 25 heavy (non-hydrogen) atoms. The highest BCUT2D eigenvalue weighted by Crippen LogP contribution is 2.18. The van der Waals surface area contributed by atoms with Crippen molar-refractivity contribution in [1.29, 1.82) is 0 Å². The van der Waals surface area contributed by atoms with Gasteiger partial charge in [-0.15, -0.1) is 11.3 Å². The molecule has 1 unspecified atom stereocenters. The van der Waals surface area contributed by atoms with Gasteiger partial charge in [-0.05, 0) is 45.7 Å². The third-order valence-electron chi connectivity index (χ3n) is 4.52. The number of hydrogen-bond donors (Lipinski definition) is 1. The number of aromatic nitrogens is 1. The van der Waals surface area contributed by atoms with Gasteiger partial charge in [0.2, 0.25) is 0 Å². The molecule has 0 spiro atoms. The van der Waals surface area contributed by atoms with E-state index < -0.39 is 0 Å². The van der Waals surface area contributed by atoms with Crippen LogP contribution in [0.2, 0.25) is 0 Å². The lowest BCUT2D eigenvalue weighted by Gasteiger charge is -2.12. The Labute approximate surface area is 152 Å². The van der Waals surface area contributed by atoms with E-state index in [4.69, 9.17) is 4.74 Å². The summed E-state index contributed by atoms with van der Waals surface area (Å²) >= 11 is 1.57. The van der Waals surface area contributed by atoms with Crippen molar-refractivity contribution in [1.82, 2.24) is 4.57 Å². The lowest BCUT2D eigenvalue weighted by atomic mass is 10.1. The number of ether oxygens (including phenoxy) is 1. The second kappa shape index (κ2) is 7.97. The van der Waals surface area contributed by atoms with Crippen molar-refractivity contribution in [2.45, 2.75) is 46.3 Å². The van der Waals surface area contributed by atoms with E-state index in [0.29, 0.717) is 5.56 Å². The molecule has 1 aliphatic heterocycles. The van der Waals surface area contributed by atoms with E-state index in [2.05, 4.69) is 28.7 Å². The lowest BCUT2D eigenvalue weighted by Crippen LogP contribution is -2.25. The minimum Gasteiger partial charge on any atom is -0.385 e. The second-order valence-electron chi connectivity index (χ2n) is 6.26. The van der Waals surface area contributed by atoms with Gasteiger partial charge in [0.15, 0.2) is 4.80 Å². The van der Waals surface area contributed by atoms with E-state index in [-0.39, 0.29) is 12.0 Å². The summed E-state index contributed by atoms with van der Waals surface area (Å²) in [5.41, 5.74) is 2.60. The average molecular weight is 359 g/mol. The molecule has 1 saturated heterocycles. The molecule has 3 rings (SSSR count). The standard InChI is InChI=1S/C19H25N3O2S/c1-4-20-17-10-6-5-9-16(17)18(23)21-19-22(13(2)14(3)25-19)12-15-8-7-11-24-15/h5-6,9-10,15,20H,4,7-8,11-12H2,1-3H3. The van der Waals surface area contributed by atoms with Gasteiger partial charge in [0.25, 0.3) is 5.91 Å². The summed E-state index contributed by atoms with van der Waals surface area (Å²) in [5, 5.41) is 3.23. The largest absolute Gasteiger partial charge is 0.385 e. The highest BCUT2D eigenvalue weighted by atomic mass is 32.1. The average Bonchev–Trinajstić information content (AvgIpc) is 3.20. The molecule has 2 aromatic rings.